The van der Waals surface area contributed by atoms with E-state index in [0.29, 0.717) is 0 Å². The van der Waals surface area contributed by atoms with Crippen molar-refractivity contribution in [2.24, 2.45) is 0 Å². The van der Waals surface area contributed by atoms with Gasteiger partial charge < -0.3 is 10.0 Å². The van der Waals surface area contributed by atoms with Gasteiger partial charge in [-0.15, -0.1) is 0 Å². The first kappa shape index (κ1) is 10.7. The highest BCUT2D eigenvalue weighted by Crippen LogP contribution is 2.40. The molecule has 1 unspecified atom stereocenters. The van der Waals surface area contributed by atoms with Crippen LogP contribution in [-0.4, -0.2) is 30.1 Å². The first-order valence-electron chi connectivity index (χ1n) is 5.59. The Kier molecular flexibility index (Phi) is 2.81. The number of aliphatic hydroxyl groups is 1. The molecular weight excluding hydrogens is 186 g/mol. The highest BCUT2D eigenvalue weighted by Gasteiger charge is 2.43. The van der Waals surface area contributed by atoms with Gasteiger partial charge in [0, 0.05) is 6.04 Å². The highest BCUT2D eigenvalue weighted by molar-refractivity contribution is 5.25. The van der Waals surface area contributed by atoms with Crippen molar-refractivity contribution < 1.29 is 5.11 Å². The number of likely N-dealkylation sites (N-methyl/N-ethyl adjacent to an activating group) is 1. The molecule has 0 amide bonds. The van der Waals surface area contributed by atoms with Gasteiger partial charge in [0.15, 0.2) is 0 Å². The van der Waals surface area contributed by atoms with Crippen LogP contribution in [0.1, 0.15) is 24.8 Å². The van der Waals surface area contributed by atoms with E-state index in [2.05, 4.69) is 4.90 Å². The summed E-state index contributed by atoms with van der Waals surface area (Å²) in [6.07, 6.45) is 3.06. The monoisotopic (exact) mass is 205 g/mol. The predicted molar refractivity (Wildman–Crippen MR) is 61.7 cm³/mol. The van der Waals surface area contributed by atoms with Crippen molar-refractivity contribution in [3.05, 3.63) is 35.9 Å². The van der Waals surface area contributed by atoms with Gasteiger partial charge >= 0.3 is 0 Å². The number of hydrogen-bond donors (Lipinski definition) is 1. The van der Waals surface area contributed by atoms with E-state index < -0.39 is 5.60 Å². The van der Waals surface area contributed by atoms with Crippen molar-refractivity contribution in [1.29, 1.82) is 0 Å². The Balaban J connectivity index is 2.33. The third kappa shape index (κ3) is 1.80. The van der Waals surface area contributed by atoms with E-state index in [4.69, 9.17) is 0 Å². The summed E-state index contributed by atoms with van der Waals surface area (Å²) >= 11 is 0. The Bertz CT molecular complexity index is 323. The van der Waals surface area contributed by atoms with Gasteiger partial charge in [0.05, 0.1) is 0 Å². The Morgan fingerprint density at radius 2 is 1.93 bits per heavy atom. The van der Waals surface area contributed by atoms with Crippen molar-refractivity contribution in [1.82, 2.24) is 4.90 Å². The maximum Gasteiger partial charge on any atom is 0.105 e. The van der Waals surface area contributed by atoms with Crippen LogP contribution < -0.4 is 0 Å². The Morgan fingerprint density at radius 1 is 1.27 bits per heavy atom. The molecule has 0 saturated heterocycles. The van der Waals surface area contributed by atoms with Crippen LogP contribution in [0, 0.1) is 0 Å². The van der Waals surface area contributed by atoms with E-state index in [1.165, 1.54) is 0 Å². The molecule has 1 aromatic rings. The minimum Gasteiger partial charge on any atom is -0.384 e. The fourth-order valence-electron chi connectivity index (χ4n) is 2.72. The van der Waals surface area contributed by atoms with Gasteiger partial charge in [-0.1, -0.05) is 30.3 Å². The normalized spacial score (nSPS) is 31.1. The van der Waals surface area contributed by atoms with E-state index in [-0.39, 0.29) is 6.04 Å². The molecule has 2 heteroatoms. The minimum absolute atomic E-state index is 0.250. The minimum atomic E-state index is -0.648. The third-order valence-electron chi connectivity index (χ3n) is 3.48. The fraction of sp³-hybridized carbons (Fsp3) is 0.538. The first-order valence-corrected chi connectivity index (χ1v) is 5.59. The van der Waals surface area contributed by atoms with Gasteiger partial charge in [-0.3, -0.25) is 0 Å². The molecule has 0 aromatic heterocycles. The largest absolute Gasteiger partial charge is 0.384 e. The van der Waals surface area contributed by atoms with Gasteiger partial charge in [-0.2, -0.15) is 0 Å². The molecule has 0 aliphatic heterocycles. The fourth-order valence-corrected chi connectivity index (χ4v) is 2.72. The van der Waals surface area contributed by atoms with Gasteiger partial charge in [-0.25, -0.2) is 0 Å². The van der Waals surface area contributed by atoms with Crippen LogP contribution in [0.3, 0.4) is 0 Å². The van der Waals surface area contributed by atoms with Crippen LogP contribution in [0.5, 0.6) is 0 Å². The molecule has 0 bridgehead atoms. The van der Waals surface area contributed by atoms with E-state index in [9.17, 15) is 5.11 Å². The molecule has 1 saturated carbocycles. The number of hydrogen-bond acceptors (Lipinski definition) is 2. The molecule has 82 valence electrons. The Labute approximate surface area is 91.5 Å². The zero-order chi connectivity index (χ0) is 10.9. The molecule has 0 heterocycles. The lowest BCUT2D eigenvalue weighted by atomic mass is 9.88. The van der Waals surface area contributed by atoms with E-state index >= 15 is 0 Å². The molecule has 2 nitrogen and oxygen atoms in total. The van der Waals surface area contributed by atoms with Crippen molar-refractivity contribution in [2.75, 3.05) is 14.1 Å². The standard InChI is InChI=1S/C13H19NO/c1-14(2)12-9-6-10-13(12,15)11-7-4-3-5-8-11/h3-5,7-8,12,15H,6,9-10H2,1-2H3/t12-,13?/m0/s1. The summed E-state index contributed by atoms with van der Waals surface area (Å²) in [7, 11) is 4.09. The SMILES string of the molecule is CN(C)[C@H]1CCCC1(O)c1ccccc1. The summed E-state index contributed by atoms with van der Waals surface area (Å²) in [4.78, 5) is 2.14. The van der Waals surface area contributed by atoms with E-state index in [1.807, 2.05) is 44.4 Å². The lowest BCUT2D eigenvalue weighted by Gasteiger charge is -2.35. The second-order valence-electron chi connectivity index (χ2n) is 4.66. The zero-order valence-corrected chi connectivity index (χ0v) is 9.48. The van der Waals surface area contributed by atoms with E-state index in [1.54, 1.807) is 0 Å². The molecule has 1 fully saturated rings. The van der Waals surface area contributed by atoms with Gasteiger partial charge in [0.25, 0.3) is 0 Å². The van der Waals surface area contributed by atoms with Crippen molar-refractivity contribution >= 4 is 0 Å². The molecule has 0 spiro atoms. The van der Waals surface area contributed by atoms with Crippen LogP contribution in [0.15, 0.2) is 30.3 Å². The number of benzene rings is 1. The van der Waals surface area contributed by atoms with Gasteiger partial charge in [0.1, 0.15) is 5.60 Å². The second kappa shape index (κ2) is 3.95. The molecule has 0 radical (unpaired) electrons. The lowest BCUT2D eigenvalue weighted by molar-refractivity contribution is -0.0175. The average molecular weight is 205 g/mol. The highest BCUT2D eigenvalue weighted by atomic mass is 16.3. The summed E-state index contributed by atoms with van der Waals surface area (Å²) in [6.45, 7) is 0. The topological polar surface area (TPSA) is 23.5 Å². The van der Waals surface area contributed by atoms with Crippen LogP contribution >= 0.6 is 0 Å². The summed E-state index contributed by atoms with van der Waals surface area (Å²) in [5.74, 6) is 0. The van der Waals surface area contributed by atoms with Crippen molar-refractivity contribution in [2.45, 2.75) is 30.9 Å². The summed E-state index contributed by atoms with van der Waals surface area (Å²) in [5.41, 5.74) is 0.409. The molecule has 1 N–H and O–H groups in total. The van der Waals surface area contributed by atoms with Crippen LogP contribution in [-0.2, 0) is 5.60 Å². The smallest absolute Gasteiger partial charge is 0.105 e. The third-order valence-corrected chi connectivity index (χ3v) is 3.48. The molecular formula is C13H19NO. The number of rotatable bonds is 2. The Morgan fingerprint density at radius 3 is 2.53 bits per heavy atom. The average Bonchev–Trinajstić information content (AvgIpc) is 2.63. The molecule has 15 heavy (non-hydrogen) atoms. The Hall–Kier alpha value is -0.860. The second-order valence-corrected chi connectivity index (χ2v) is 4.66. The molecule has 1 aromatic carbocycles. The van der Waals surface area contributed by atoms with Crippen molar-refractivity contribution in [3.63, 3.8) is 0 Å². The number of nitrogens with zero attached hydrogens (tertiary/aromatic N) is 1. The quantitative estimate of drug-likeness (QED) is 0.798. The maximum absolute atomic E-state index is 10.8. The predicted octanol–water partition coefficient (Wildman–Crippen LogP) is 1.99. The van der Waals surface area contributed by atoms with E-state index in [0.717, 1.165) is 24.8 Å². The van der Waals surface area contributed by atoms with Gasteiger partial charge in [0.2, 0.25) is 0 Å². The lowest BCUT2D eigenvalue weighted by Crippen LogP contribution is -2.43. The first-order chi connectivity index (χ1) is 7.14. The maximum atomic E-state index is 10.8. The summed E-state index contributed by atoms with van der Waals surface area (Å²) in [5, 5.41) is 10.8. The van der Waals surface area contributed by atoms with Crippen LogP contribution in [0.25, 0.3) is 0 Å². The zero-order valence-electron chi connectivity index (χ0n) is 9.48. The van der Waals surface area contributed by atoms with Crippen LogP contribution in [0.2, 0.25) is 0 Å². The molecule has 2 rings (SSSR count). The van der Waals surface area contributed by atoms with Crippen LogP contribution in [0.4, 0.5) is 0 Å². The molecule has 2 atom stereocenters. The molecule has 1 aliphatic rings. The summed E-state index contributed by atoms with van der Waals surface area (Å²) < 4.78 is 0. The molecule has 1 aliphatic carbocycles. The van der Waals surface area contributed by atoms with Gasteiger partial charge in [-0.05, 0) is 38.9 Å². The summed E-state index contributed by atoms with van der Waals surface area (Å²) in [6, 6.07) is 10.3. The van der Waals surface area contributed by atoms with Crippen molar-refractivity contribution in [3.8, 4) is 0 Å².